The molecule has 0 aliphatic carbocycles. The number of benzene rings is 1. The van der Waals surface area contributed by atoms with Crippen LogP contribution in [0.4, 0.5) is 0 Å². The van der Waals surface area contributed by atoms with Crippen LogP contribution < -0.4 is 0 Å². The average molecular weight is 303 g/mol. The summed E-state index contributed by atoms with van der Waals surface area (Å²) in [6.45, 7) is 1.56. The van der Waals surface area contributed by atoms with Gasteiger partial charge in [-0.3, -0.25) is 0 Å². The fourth-order valence-electron chi connectivity index (χ4n) is 1.54. The fraction of sp³-hybridized carbons (Fsp3) is 0.364. The summed E-state index contributed by atoms with van der Waals surface area (Å²) in [7, 11) is 0. The van der Waals surface area contributed by atoms with Crippen molar-refractivity contribution in [1.82, 2.24) is 0 Å². The molecule has 3 nitrogen and oxygen atoms in total. The van der Waals surface area contributed by atoms with Crippen LogP contribution in [0.1, 0.15) is 16.8 Å². The van der Waals surface area contributed by atoms with Crippen molar-refractivity contribution in [2.24, 2.45) is 0 Å². The molecule has 1 aromatic rings. The molecule has 1 saturated heterocycles. The summed E-state index contributed by atoms with van der Waals surface area (Å²) in [4.78, 5) is 11.9. The van der Waals surface area contributed by atoms with Crippen LogP contribution in [0.2, 0.25) is 0 Å². The summed E-state index contributed by atoms with van der Waals surface area (Å²) >= 11 is 4.91. The van der Waals surface area contributed by atoms with Gasteiger partial charge in [0, 0.05) is 21.2 Å². The quantitative estimate of drug-likeness (QED) is 0.932. The third-order valence-corrected chi connectivity index (χ3v) is 4.28. The molecule has 86 valence electrons. The molecule has 2 rings (SSSR count). The lowest BCUT2D eigenvalue weighted by atomic mass is 10.2. The lowest BCUT2D eigenvalue weighted by Crippen LogP contribution is -2.02. The third-order valence-electron chi connectivity index (χ3n) is 2.36. The number of carboxylic acids is 1. The van der Waals surface area contributed by atoms with Crippen LogP contribution in [0.25, 0.3) is 0 Å². The second-order valence-electron chi connectivity index (χ2n) is 3.55. The molecule has 1 aromatic carbocycles. The number of carbonyl (C=O) groups is 1. The van der Waals surface area contributed by atoms with Crippen molar-refractivity contribution in [3.63, 3.8) is 0 Å². The second kappa shape index (κ2) is 5.21. The normalized spacial score (nSPS) is 19.9. The summed E-state index contributed by atoms with van der Waals surface area (Å²) in [6, 6.07) is 5.41. The summed E-state index contributed by atoms with van der Waals surface area (Å²) in [5.41, 5.74) is 0.309. The summed E-state index contributed by atoms with van der Waals surface area (Å²) < 4.78 is 5.90. The van der Waals surface area contributed by atoms with E-state index in [1.165, 1.54) is 0 Å². The summed E-state index contributed by atoms with van der Waals surface area (Å²) in [6.07, 6.45) is 1.03. The monoisotopic (exact) mass is 302 g/mol. The second-order valence-corrected chi connectivity index (χ2v) is 5.78. The van der Waals surface area contributed by atoms with Gasteiger partial charge in [-0.25, -0.2) is 4.79 Å². The number of thioether (sulfide) groups is 1. The predicted molar refractivity (Wildman–Crippen MR) is 66.2 cm³/mol. The van der Waals surface area contributed by atoms with Gasteiger partial charge in [-0.1, -0.05) is 0 Å². The van der Waals surface area contributed by atoms with E-state index in [4.69, 9.17) is 9.84 Å². The van der Waals surface area contributed by atoms with Crippen molar-refractivity contribution in [1.29, 1.82) is 0 Å². The number of rotatable bonds is 3. The summed E-state index contributed by atoms with van der Waals surface area (Å²) in [5.74, 6) is -0.906. The highest BCUT2D eigenvalue weighted by Crippen LogP contribution is 2.31. The van der Waals surface area contributed by atoms with Crippen molar-refractivity contribution in [2.45, 2.75) is 16.6 Å². The molecule has 1 N–H and O–H groups in total. The molecule has 1 unspecified atom stereocenters. The first kappa shape index (κ1) is 12.0. The van der Waals surface area contributed by atoms with Crippen LogP contribution in [-0.2, 0) is 4.74 Å². The van der Waals surface area contributed by atoms with E-state index < -0.39 is 5.97 Å². The van der Waals surface area contributed by atoms with Gasteiger partial charge in [-0.05, 0) is 40.5 Å². The Morgan fingerprint density at radius 3 is 3.00 bits per heavy atom. The van der Waals surface area contributed by atoms with Crippen LogP contribution in [0.15, 0.2) is 27.6 Å². The first-order chi connectivity index (χ1) is 7.66. The molecule has 0 saturated carbocycles. The van der Waals surface area contributed by atoms with E-state index in [9.17, 15) is 4.79 Å². The molecule has 0 bridgehead atoms. The van der Waals surface area contributed by atoms with E-state index in [1.807, 2.05) is 6.07 Å². The van der Waals surface area contributed by atoms with E-state index >= 15 is 0 Å². The maximum absolute atomic E-state index is 10.9. The van der Waals surface area contributed by atoms with Crippen molar-refractivity contribution in [2.75, 3.05) is 13.2 Å². The van der Waals surface area contributed by atoms with Gasteiger partial charge in [0.1, 0.15) is 0 Å². The maximum atomic E-state index is 10.9. The van der Waals surface area contributed by atoms with Gasteiger partial charge in [0.25, 0.3) is 0 Å². The van der Waals surface area contributed by atoms with E-state index in [2.05, 4.69) is 15.9 Å². The molecule has 0 aromatic heterocycles. The van der Waals surface area contributed by atoms with Crippen LogP contribution in [0, 0.1) is 0 Å². The van der Waals surface area contributed by atoms with Gasteiger partial charge in [-0.2, -0.15) is 0 Å². The number of halogens is 1. The number of ether oxygens (including phenoxy) is 1. The van der Waals surface area contributed by atoms with Gasteiger partial charge in [-0.15, -0.1) is 11.8 Å². The first-order valence-corrected chi connectivity index (χ1v) is 6.61. The van der Waals surface area contributed by atoms with Crippen molar-refractivity contribution < 1.29 is 14.6 Å². The van der Waals surface area contributed by atoms with Crippen LogP contribution >= 0.6 is 27.7 Å². The molecule has 1 aliphatic heterocycles. The Kier molecular flexibility index (Phi) is 3.89. The zero-order valence-corrected chi connectivity index (χ0v) is 10.9. The number of aromatic carboxylic acids is 1. The predicted octanol–water partition coefficient (Wildman–Crippen LogP) is 3.03. The van der Waals surface area contributed by atoms with Crippen molar-refractivity contribution >= 4 is 33.7 Å². The van der Waals surface area contributed by atoms with Crippen LogP contribution in [0.5, 0.6) is 0 Å². The van der Waals surface area contributed by atoms with Gasteiger partial charge in [0.05, 0.1) is 12.2 Å². The Labute approximate surface area is 106 Å². The Hall–Kier alpha value is -0.520. The Balaban J connectivity index is 2.15. The first-order valence-electron chi connectivity index (χ1n) is 4.94. The zero-order valence-electron chi connectivity index (χ0n) is 8.48. The standard InChI is InChI=1S/C11H11BrO3S/c12-10-2-1-7(5-9(10)11(13)14)16-8-3-4-15-6-8/h1-2,5,8H,3-4,6H2,(H,13,14). The minimum Gasteiger partial charge on any atom is -0.478 e. The van der Waals surface area contributed by atoms with Crippen molar-refractivity contribution in [3.05, 3.63) is 28.2 Å². The van der Waals surface area contributed by atoms with Crippen molar-refractivity contribution in [3.8, 4) is 0 Å². The molecule has 1 fully saturated rings. The van der Waals surface area contributed by atoms with Crippen LogP contribution in [-0.4, -0.2) is 29.5 Å². The molecular weight excluding hydrogens is 292 g/mol. The molecule has 5 heteroatoms. The minimum atomic E-state index is -0.906. The lowest BCUT2D eigenvalue weighted by molar-refractivity contribution is 0.0695. The largest absolute Gasteiger partial charge is 0.478 e. The highest BCUT2D eigenvalue weighted by atomic mass is 79.9. The average Bonchev–Trinajstić information content (AvgIpc) is 2.73. The van der Waals surface area contributed by atoms with E-state index in [-0.39, 0.29) is 0 Å². The number of carboxylic acid groups (broad SMARTS) is 1. The SMILES string of the molecule is O=C(O)c1cc(SC2CCOC2)ccc1Br. The molecule has 0 spiro atoms. The van der Waals surface area contributed by atoms with E-state index in [0.29, 0.717) is 15.3 Å². The van der Waals surface area contributed by atoms with E-state index in [1.54, 1.807) is 23.9 Å². The van der Waals surface area contributed by atoms with Gasteiger partial charge < -0.3 is 9.84 Å². The molecular formula is C11H11BrO3S. The zero-order chi connectivity index (χ0) is 11.5. The maximum Gasteiger partial charge on any atom is 0.336 e. The fourth-order valence-corrected chi connectivity index (χ4v) is 3.05. The Morgan fingerprint density at radius 1 is 1.56 bits per heavy atom. The van der Waals surface area contributed by atoms with E-state index in [0.717, 1.165) is 24.5 Å². The van der Waals surface area contributed by atoms with Gasteiger partial charge in [0.2, 0.25) is 0 Å². The smallest absolute Gasteiger partial charge is 0.336 e. The number of hydrogen-bond acceptors (Lipinski definition) is 3. The molecule has 1 heterocycles. The molecule has 0 radical (unpaired) electrons. The summed E-state index contributed by atoms with van der Waals surface area (Å²) in [5, 5.41) is 9.43. The highest BCUT2D eigenvalue weighted by molar-refractivity contribution is 9.10. The van der Waals surface area contributed by atoms with Gasteiger partial charge >= 0.3 is 5.97 Å². The van der Waals surface area contributed by atoms with Gasteiger partial charge in [0.15, 0.2) is 0 Å². The molecule has 0 amide bonds. The minimum absolute atomic E-state index is 0.309. The lowest BCUT2D eigenvalue weighted by Gasteiger charge is -2.08. The molecule has 1 aliphatic rings. The van der Waals surface area contributed by atoms with Crippen LogP contribution in [0.3, 0.4) is 0 Å². The number of hydrogen-bond donors (Lipinski definition) is 1. The Bertz CT molecular complexity index is 402. The topological polar surface area (TPSA) is 46.5 Å². The molecule has 16 heavy (non-hydrogen) atoms. The molecule has 1 atom stereocenters. The Morgan fingerprint density at radius 2 is 2.38 bits per heavy atom. The highest BCUT2D eigenvalue weighted by Gasteiger charge is 2.18. The third kappa shape index (κ3) is 2.78.